The zero-order valence-corrected chi connectivity index (χ0v) is 11.3. The zero-order chi connectivity index (χ0) is 9.94. The van der Waals surface area contributed by atoms with Crippen molar-refractivity contribution in [1.29, 1.82) is 0 Å². The summed E-state index contributed by atoms with van der Waals surface area (Å²) in [6.45, 7) is 10.8. The minimum Gasteiger partial charge on any atom is -0.303 e. The van der Waals surface area contributed by atoms with Crippen LogP contribution in [0, 0.1) is 0 Å². The van der Waals surface area contributed by atoms with Gasteiger partial charge in [0.2, 0.25) is 0 Å². The Morgan fingerprint density at radius 2 is 0.929 bits per heavy atom. The molecular formula is C12H27FeN+2. The van der Waals surface area contributed by atoms with Crippen LogP contribution in [0.15, 0.2) is 0 Å². The van der Waals surface area contributed by atoms with Crippen LogP contribution in [-0.4, -0.2) is 24.5 Å². The Bertz CT molecular complexity index is 77.3. The number of unbranched alkanes of at least 4 members (excludes halogenated alkanes) is 3. The van der Waals surface area contributed by atoms with Gasteiger partial charge < -0.3 is 4.90 Å². The maximum absolute atomic E-state index is 2.64. The topological polar surface area (TPSA) is 3.24 Å². The van der Waals surface area contributed by atoms with Crippen molar-refractivity contribution in [3.8, 4) is 0 Å². The molecule has 0 saturated carbocycles. The Balaban J connectivity index is 0. The molecule has 0 aliphatic rings. The van der Waals surface area contributed by atoms with Crippen LogP contribution in [0.2, 0.25) is 0 Å². The van der Waals surface area contributed by atoms with Gasteiger partial charge in [0.05, 0.1) is 0 Å². The molecule has 0 aliphatic carbocycles. The van der Waals surface area contributed by atoms with Gasteiger partial charge in [-0.05, 0) is 38.9 Å². The van der Waals surface area contributed by atoms with Crippen LogP contribution in [0.4, 0.5) is 0 Å². The van der Waals surface area contributed by atoms with E-state index >= 15 is 0 Å². The zero-order valence-electron chi connectivity index (χ0n) is 10.2. The molecule has 0 fully saturated rings. The molecule has 2 heteroatoms. The van der Waals surface area contributed by atoms with Gasteiger partial charge in [-0.25, -0.2) is 0 Å². The number of hydrogen-bond donors (Lipinski definition) is 0. The van der Waals surface area contributed by atoms with Crippen molar-refractivity contribution in [3.63, 3.8) is 0 Å². The molecule has 0 N–H and O–H groups in total. The first kappa shape index (κ1) is 16.9. The average Bonchev–Trinajstić information content (AvgIpc) is 2.17. The summed E-state index contributed by atoms with van der Waals surface area (Å²) < 4.78 is 0. The van der Waals surface area contributed by atoms with Gasteiger partial charge in [-0.3, -0.25) is 0 Å². The van der Waals surface area contributed by atoms with Crippen molar-refractivity contribution in [1.82, 2.24) is 4.90 Å². The van der Waals surface area contributed by atoms with Gasteiger partial charge in [0.15, 0.2) is 0 Å². The van der Waals surface area contributed by atoms with Crippen LogP contribution in [0.25, 0.3) is 0 Å². The first-order chi connectivity index (χ1) is 6.35. The molecule has 0 aromatic carbocycles. The van der Waals surface area contributed by atoms with Crippen LogP contribution in [0.3, 0.4) is 0 Å². The van der Waals surface area contributed by atoms with Gasteiger partial charge in [-0.1, -0.05) is 40.0 Å². The molecule has 0 heterocycles. The van der Waals surface area contributed by atoms with E-state index in [0.717, 1.165) is 0 Å². The first-order valence-electron chi connectivity index (χ1n) is 6.07. The van der Waals surface area contributed by atoms with E-state index in [2.05, 4.69) is 25.7 Å². The normalized spacial score (nSPS) is 10.3. The van der Waals surface area contributed by atoms with E-state index in [4.69, 9.17) is 0 Å². The Kier molecular flexibility index (Phi) is 16.3. The Labute approximate surface area is 101 Å². The van der Waals surface area contributed by atoms with E-state index in [-0.39, 0.29) is 17.1 Å². The van der Waals surface area contributed by atoms with E-state index in [1.165, 1.54) is 58.2 Å². The van der Waals surface area contributed by atoms with E-state index in [9.17, 15) is 0 Å². The monoisotopic (exact) mass is 241 g/mol. The van der Waals surface area contributed by atoms with Crippen LogP contribution in [0.5, 0.6) is 0 Å². The summed E-state index contributed by atoms with van der Waals surface area (Å²) in [6.07, 6.45) is 8.09. The van der Waals surface area contributed by atoms with E-state index in [1.54, 1.807) is 0 Å². The molecule has 0 amide bonds. The van der Waals surface area contributed by atoms with Gasteiger partial charge in [0, 0.05) is 0 Å². The van der Waals surface area contributed by atoms with Gasteiger partial charge >= 0.3 is 17.1 Å². The van der Waals surface area contributed by atoms with Gasteiger partial charge in [-0.2, -0.15) is 0 Å². The Morgan fingerprint density at radius 3 is 1.14 bits per heavy atom. The minimum atomic E-state index is 0. The fraction of sp³-hybridized carbons (Fsp3) is 1.00. The van der Waals surface area contributed by atoms with Crippen molar-refractivity contribution in [2.24, 2.45) is 0 Å². The van der Waals surface area contributed by atoms with E-state index in [1.807, 2.05) is 0 Å². The molecule has 0 atom stereocenters. The van der Waals surface area contributed by atoms with Gasteiger partial charge in [0.25, 0.3) is 0 Å². The molecule has 86 valence electrons. The number of rotatable bonds is 9. The van der Waals surface area contributed by atoms with E-state index in [0.29, 0.717) is 0 Å². The molecular weight excluding hydrogens is 214 g/mol. The minimum absolute atomic E-state index is 0. The molecule has 0 aromatic heterocycles. The van der Waals surface area contributed by atoms with Crippen LogP contribution in [-0.2, 0) is 17.1 Å². The summed E-state index contributed by atoms with van der Waals surface area (Å²) in [5, 5.41) is 0. The van der Waals surface area contributed by atoms with Crippen molar-refractivity contribution in [2.45, 2.75) is 59.3 Å². The molecule has 14 heavy (non-hydrogen) atoms. The third-order valence-corrected chi connectivity index (χ3v) is 2.48. The molecule has 0 bridgehead atoms. The summed E-state index contributed by atoms with van der Waals surface area (Å²) in [6, 6.07) is 0. The molecule has 1 nitrogen and oxygen atoms in total. The standard InChI is InChI=1S/C12H27N.Fe/c1-4-7-10-13(11-8-5-2)12-9-6-3;/h4-12H2,1-3H3;/q;+2. The second kappa shape index (κ2) is 13.5. The predicted octanol–water partition coefficient (Wildman–Crippen LogP) is 3.69. The third kappa shape index (κ3) is 10.6. The van der Waals surface area contributed by atoms with Crippen molar-refractivity contribution >= 4 is 0 Å². The summed E-state index contributed by atoms with van der Waals surface area (Å²) in [5.41, 5.74) is 0. The second-order valence-electron chi connectivity index (χ2n) is 3.90. The maximum Gasteiger partial charge on any atom is 2.00 e. The quantitative estimate of drug-likeness (QED) is 0.556. The average molecular weight is 241 g/mol. The number of nitrogens with zero attached hydrogens (tertiary/aromatic N) is 1. The van der Waals surface area contributed by atoms with Crippen LogP contribution in [0.1, 0.15) is 59.3 Å². The summed E-state index contributed by atoms with van der Waals surface area (Å²) in [4.78, 5) is 2.64. The van der Waals surface area contributed by atoms with Crippen LogP contribution >= 0.6 is 0 Å². The largest absolute Gasteiger partial charge is 2.00 e. The van der Waals surface area contributed by atoms with Crippen molar-refractivity contribution in [2.75, 3.05) is 19.6 Å². The Morgan fingerprint density at radius 1 is 0.643 bits per heavy atom. The Hall–Kier alpha value is 0.479. The molecule has 0 aromatic rings. The summed E-state index contributed by atoms with van der Waals surface area (Å²) in [7, 11) is 0. The second-order valence-corrected chi connectivity index (χ2v) is 3.90. The van der Waals surface area contributed by atoms with Crippen molar-refractivity contribution < 1.29 is 17.1 Å². The van der Waals surface area contributed by atoms with Crippen LogP contribution < -0.4 is 0 Å². The van der Waals surface area contributed by atoms with Gasteiger partial charge in [-0.15, -0.1) is 0 Å². The van der Waals surface area contributed by atoms with Gasteiger partial charge in [0.1, 0.15) is 0 Å². The summed E-state index contributed by atoms with van der Waals surface area (Å²) in [5.74, 6) is 0. The molecule has 0 spiro atoms. The molecule has 0 unspecified atom stereocenters. The fourth-order valence-electron chi connectivity index (χ4n) is 1.48. The number of hydrogen-bond acceptors (Lipinski definition) is 1. The molecule has 0 rings (SSSR count). The molecule has 0 radical (unpaired) electrons. The van der Waals surface area contributed by atoms with Crippen molar-refractivity contribution in [3.05, 3.63) is 0 Å². The molecule has 0 saturated heterocycles. The maximum atomic E-state index is 2.64. The SMILES string of the molecule is CCCCN(CCCC)CCCC.[Fe+2]. The smallest absolute Gasteiger partial charge is 0.303 e. The van der Waals surface area contributed by atoms with E-state index < -0.39 is 0 Å². The molecule has 0 aliphatic heterocycles. The first-order valence-corrected chi connectivity index (χ1v) is 6.07. The third-order valence-electron chi connectivity index (χ3n) is 2.48. The predicted molar refractivity (Wildman–Crippen MR) is 61.2 cm³/mol. The summed E-state index contributed by atoms with van der Waals surface area (Å²) >= 11 is 0. The fourth-order valence-corrected chi connectivity index (χ4v) is 1.48.